The van der Waals surface area contributed by atoms with Gasteiger partial charge in [-0.3, -0.25) is 9.59 Å². The zero-order valence-electron chi connectivity index (χ0n) is 23.8. The summed E-state index contributed by atoms with van der Waals surface area (Å²) in [5, 5.41) is 3.11. The fourth-order valence-corrected chi connectivity index (χ4v) is 5.36. The molecule has 0 aliphatic carbocycles. The largest absolute Gasteiger partial charge is 0.373 e. The molecule has 0 saturated carbocycles. The number of ether oxygens (including phenoxy) is 3. The molecule has 1 N–H and O–H groups in total. The Balaban J connectivity index is 1.48. The summed E-state index contributed by atoms with van der Waals surface area (Å²) in [5.41, 5.74) is 1.09. The van der Waals surface area contributed by atoms with Crippen LogP contribution in [-0.4, -0.2) is 54.4 Å². The van der Waals surface area contributed by atoms with E-state index in [1.54, 1.807) is 6.08 Å². The van der Waals surface area contributed by atoms with Gasteiger partial charge >= 0.3 is 0 Å². The highest BCUT2D eigenvalue weighted by atomic mass is 16.6. The molecule has 7 atom stereocenters. The van der Waals surface area contributed by atoms with Gasteiger partial charge in [0.2, 0.25) is 5.91 Å². The van der Waals surface area contributed by atoms with E-state index in [9.17, 15) is 9.59 Å². The number of Topliss-reactive ketones (excluding diaryl/α,β-unsaturated/α-hetero) is 1. The van der Waals surface area contributed by atoms with Gasteiger partial charge in [0.15, 0.2) is 0 Å². The van der Waals surface area contributed by atoms with Gasteiger partial charge in [0, 0.05) is 25.7 Å². The maximum Gasteiger partial charge on any atom is 0.243 e. The Kier molecular flexibility index (Phi) is 11.2. The minimum absolute atomic E-state index is 0.0239. The van der Waals surface area contributed by atoms with Crippen molar-refractivity contribution in [2.24, 2.45) is 11.8 Å². The normalized spacial score (nSPS) is 34.5. The van der Waals surface area contributed by atoms with Gasteiger partial charge in [-0.1, -0.05) is 64.0 Å². The van der Waals surface area contributed by atoms with E-state index in [2.05, 4.69) is 58.2 Å². The molecule has 0 aromatic heterocycles. The number of ketones is 1. The average Bonchev–Trinajstić information content (AvgIpc) is 3.58. The molecule has 0 aromatic carbocycles. The van der Waals surface area contributed by atoms with Crippen LogP contribution in [0.2, 0.25) is 0 Å². The Bertz CT molecular complexity index is 856. The smallest absolute Gasteiger partial charge is 0.243 e. The van der Waals surface area contributed by atoms with Crippen LogP contribution in [0.1, 0.15) is 92.9 Å². The fraction of sp³-hybridized carbons (Fsp3) is 0.742. The molecule has 3 saturated heterocycles. The summed E-state index contributed by atoms with van der Waals surface area (Å²) in [4.78, 5) is 24.5. The summed E-state index contributed by atoms with van der Waals surface area (Å²) in [5.74, 6) is 0.958. The summed E-state index contributed by atoms with van der Waals surface area (Å²) in [6, 6.07) is 0.0303. The van der Waals surface area contributed by atoms with Crippen LogP contribution in [0, 0.1) is 11.8 Å². The number of hydrogen-bond acceptors (Lipinski definition) is 5. The topological polar surface area (TPSA) is 77.2 Å². The van der Waals surface area contributed by atoms with Gasteiger partial charge in [-0.25, -0.2) is 0 Å². The molecule has 0 unspecified atom stereocenters. The van der Waals surface area contributed by atoms with Crippen LogP contribution in [0.4, 0.5) is 0 Å². The maximum atomic E-state index is 12.3. The number of rotatable bonds is 12. The van der Waals surface area contributed by atoms with Crippen LogP contribution in [-0.2, 0) is 23.8 Å². The van der Waals surface area contributed by atoms with Gasteiger partial charge in [-0.15, -0.1) is 0 Å². The third-order valence-electron chi connectivity index (χ3n) is 7.78. The lowest BCUT2D eigenvalue weighted by atomic mass is 9.88. The molecule has 0 aromatic rings. The van der Waals surface area contributed by atoms with E-state index in [4.69, 9.17) is 14.2 Å². The second-order valence-electron chi connectivity index (χ2n) is 11.9. The van der Waals surface area contributed by atoms with Crippen molar-refractivity contribution in [2.45, 2.75) is 129 Å². The van der Waals surface area contributed by atoms with Crippen molar-refractivity contribution in [1.29, 1.82) is 0 Å². The van der Waals surface area contributed by atoms with Gasteiger partial charge in [0.1, 0.15) is 5.78 Å². The molecular weight excluding hydrogens is 466 g/mol. The third-order valence-corrected chi connectivity index (χ3v) is 7.78. The van der Waals surface area contributed by atoms with E-state index in [0.29, 0.717) is 30.5 Å². The van der Waals surface area contributed by atoms with E-state index in [-0.39, 0.29) is 42.0 Å². The van der Waals surface area contributed by atoms with Crippen molar-refractivity contribution in [1.82, 2.24) is 5.32 Å². The molecule has 6 nitrogen and oxygen atoms in total. The Morgan fingerprint density at radius 2 is 1.89 bits per heavy atom. The molecule has 1 spiro atoms. The summed E-state index contributed by atoms with van der Waals surface area (Å²) >= 11 is 0. The summed E-state index contributed by atoms with van der Waals surface area (Å²) < 4.78 is 18.4. The van der Waals surface area contributed by atoms with Crippen LogP contribution >= 0.6 is 0 Å². The van der Waals surface area contributed by atoms with Gasteiger partial charge in [0.05, 0.1) is 42.7 Å². The predicted molar refractivity (Wildman–Crippen MR) is 147 cm³/mol. The molecule has 37 heavy (non-hydrogen) atoms. The molecule has 3 fully saturated rings. The molecule has 1 amide bonds. The first-order valence-electron chi connectivity index (χ1n) is 14.4. The van der Waals surface area contributed by atoms with Crippen LogP contribution in [0.3, 0.4) is 0 Å². The molecule has 0 radical (unpaired) electrons. The minimum Gasteiger partial charge on any atom is -0.373 e. The molecule has 3 aliphatic heterocycles. The van der Waals surface area contributed by atoms with Gasteiger partial charge < -0.3 is 19.5 Å². The van der Waals surface area contributed by atoms with Crippen molar-refractivity contribution in [2.75, 3.05) is 6.61 Å². The second kappa shape index (κ2) is 13.9. The van der Waals surface area contributed by atoms with Crippen molar-refractivity contribution >= 4 is 11.7 Å². The number of allylic oxidation sites excluding steroid dienone is 3. The van der Waals surface area contributed by atoms with Crippen molar-refractivity contribution in [3.8, 4) is 0 Å². The Morgan fingerprint density at radius 3 is 2.57 bits per heavy atom. The second-order valence-corrected chi connectivity index (χ2v) is 11.9. The lowest BCUT2D eigenvalue weighted by Gasteiger charge is -2.39. The van der Waals surface area contributed by atoms with Crippen LogP contribution in [0.25, 0.3) is 0 Å². The molecule has 3 heterocycles. The Labute approximate surface area is 224 Å². The lowest BCUT2D eigenvalue weighted by molar-refractivity contribution is -0.126. The zero-order chi connectivity index (χ0) is 27.0. The molecule has 3 rings (SSSR count). The van der Waals surface area contributed by atoms with E-state index >= 15 is 0 Å². The van der Waals surface area contributed by atoms with Gasteiger partial charge in [0.25, 0.3) is 0 Å². The number of carbonyl (C=O) groups is 2. The highest BCUT2D eigenvalue weighted by Crippen LogP contribution is 2.43. The first kappa shape index (κ1) is 29.8. The van der Waals surface area contributed by atoms with E-state index in [1.165, 1.54) is 5.57 Å². The summed E-state index contributed by atoms with van der Waals surface area (Å²) in [6.07, 6.45) is 16.6. The first-order valence-corrected chi connectivity index (χ1v) is 14.4. The number of amides is 1. The average molecular weight is 516 g/mol. The SMILES string of the molecule is CCCCC(=O)C[C@@H]1C[C@@]2(CO2)C[C@@H](/C=C/C(C)=C/C[C@@H]2O[C@H](C)[C@H](NC(=O)/C=C\C(C)C)C[C@@H]2C)O1. The zero-order valence-corrected chi connectivity index (χ0v) is 23.8. The van der Waals surface area contributed by atoms with Gasteiger partial charge in [-0.05, 0) is 51.0 Å². The predicted octanol–water partition coefficient (Wildman–Crippen LogP) is 5.86. The molecule has 6 heteroatoms. The van der Waals surface area contributed by atoms with Crippen molar-refractivity contribution in [3.05, 3.63) is 36.0 Å². The van der Waals surface area contributed by atoms with E-state index < -0.39 is 0 Å². The van der Waals surface area contributed by atoms with Crippen LogP contribution in [0.5, 0.6) is 0 Å². The fourth-order valence-electron chi connectivity index (χ4n) is 5.36. The summed E-state index contributed by atoms with van der Waals surface area (Å²) in [6.45, 7) is 13.4. The maximum absolute atomic E-state index is 12.3. The van der Waals surface area contributed by atoms with E-state index in [1.807, 2.05) is 13.0 Å². The monoisotopic (exact) mass is 515 g/mol. The molecular formula is C31H49NO5. The molecule has 0 bridgehead atoms. The lowest BCUT2D eigenvalue weighted by Crippen LogP contribution is -2.50. The minimum atomic E-state index is -0.0847. The summed E-state index contributed by atoms with van der Waals surface area (Å²) in [7, 11) is 0. The van der Waals surface area contributed by atoms with Crippen LogP contribution < -0.4 is 5.32 Å². The molecule has 208 valence electrons. The highest BCUT2D eigenvalue weighted by Gasteiger charge is 2.51. The van der Waals surface area contributed by atoms with E-state index in [0.717, 1.165) is 45.1 Å². The highest BCUT2D eigenvalue weighted by molar-refractivity contribution is 5.87. The quantitative estimate of drug-likeness (QED) is 0.200. The van der Waals surface area contributed by atoms with Crippen molar-refractivity contribution in [3.63, 3.8) is 0 Å². The number of nitrogens with one attached hydrogen (secondary N) is 1. The number of unbranched alkanes of at least 4 members (excludes halogenated alkanes) is 1. The Morgan fingerprint density at radius 1 is 1.14 bits per heavy atom. The number of hydrogen-bond donors (Lipinski definition) is 1. The third kappa shape index (κ3) is 9.81. The van der Waals surface area contributed by atoms with Crippen molar-refractivity contribution < 1.29 is 23.8 Å². The first-order chi connectivity index (χ1) is 17.6. The van der Waals surface area contributed by atoms with Crippen LogP contribution in [0.15, 0.2) is 36.0 Å². The molecule has 3 aliphatic rings. The number of carbonyl (C=O) groups excluding carboxylic acids is 2. The Hall–Kier alpha value is -1.76. The number of epoxide rings is 1. The standard InChI is InChI=1S/C31H49NO5/c1-7-8-9-25(33)17-27-19-31(20-35-31)18-26(37-27)13-11-22(4)12-14-29-23(5)16-28(24(6)36-29)32-30(34)15-10-21(2)3/h10-13,15,21,23-24,26-29H,7-9,14,16-20H2,1-6H3,(H,32,34)/b13-11+,15-10-,22-12+/t23-,24+,26+,27+,28+,29-,31+/m0/s1. The van der Waals surface area contributed by atoms with Gasteiger partial charge in [-0.2, -0.15) is 0 Å².